The minimum absolute atomic E-state index is 0.276. The van der Waals surface area contributed by atoms with Crippen molar-refractivity contribution >= 4 is 11.5 Å². The first-order valence-electron chi connectivity index (χ1n) is 4.80. The van der Waals surface area contributed by atoms with Gasteiger partial charge in [0, 0.05) is 12.1 Å². The molecule has 0 unspecified atom stereocenters. The van der Waals surface area contributed by atoms with Crippen LogP contribution < -0.4 is 15.2 Å². The first-order valence-corrected chi connectivity index (χ1v) is 5.57. The first-order chi connectivity index (χ1) is 7.88. The second-order valence-corrected chi connectivity index (χ2v) is 4.16. The molecular formula is C10H9N3O2S. The highest BCUT2D eigenvalue weighted by Gasteiger charge is 2.16. The van der Waals surface area contributed by atoms with Gasteiger partial charge in [0.05, 0.1) is 4.88 Å². The average molecular weight is 235 g/mol. The Morgan fingerprint density at radius 3 is 3.06 bits per heavy atom. The summed E-state index contributed by atoms with van der Waals surface area (Å²) >= 11 is 1.32. The molecule has 16 heavy (non-hydrogen) atoms. The monoisotopic (exact) mass is 235 g/mol. The Hall–Kier alpha value is -1.66. The zero-order chi connectivity index (χ0) is 11.0. The maximum Gasteiger partial charge on any atom is 0.231 e. The molecule has 0 amide bonds. The van der Waals surface area contributed by atoms with Crippen molar-refractivity contribution in [3.05, 3.63) is 23.1 Å². The van der Waals surface area contributed by atoms with E-state index in [0.29, 0.717) is 6.54 Å². The van der Waals surface area contributed by atoms with Crippen molar-refractivity contribution in [1.29, 1.82) is 0 Å². The molecule has 0 fully saturated rings. The van der Waals surface area contributed by atoms with Crippen molar-refractivity contribution in [2.75, 3.05) is 6.79 Å². The standard InChI is InChI=1S/C10H9N3O2S/c11-4-9-10(12-13-16-9)6-1-2-7-8(3-6)15-5-14-7/h1-3H,4-5,11H2. The smallest absolute Gasteiger partial charge is 0.231 e. The topological polar surface area (TPSA) is 70.3 Å². The molecule has 2 heterocycles. The van der Waals surface area contributed by atoms with Crippen LogP contribution in [0.2, 0.25) is 0 Å². The van der Waals surface area contributed by atoms with Crippen molar-refractivity contribution in [2.24, 2.45) is 5.73 Å². The van der Waals surface area contributed by atoms with Gasteiger partial charge in [0.25, 0.3) is 0 Å². The largest absolute Gasteiger partial charge is 0.454 e. The van der Waals surface area contributed by atoms with Gasteiger partial charge in [0.15, 0.2) is 11.5 Å². The molecule has 0 bridgehead atoms. The Balaban J connectivity index is 2.07. The van der Waals surface area contributed by atoms with Crippen LogP contribution in [0.4, 0.5) is 0 Å². The molecule has 1 aliphatic rings. The summed E-state index contributed by atoms with van der Waals surface area (Å²) in [6, 6.07) is 5.71. The molecule has 0 aliphatic carbocycles. The highest BCUT2D eigenvalue weighted by Crippen LogP contribution is 2.36. The van der Waals surface area contributed by atoms with Crippen LogP contribution in [-0.4, -0.2) is 16.4 Å². The van der Waals surface area contributed by atoms with E-state index >= 15 is 0 Å². The number of benzene rings is 1. The summed E-state index contributed by atoms with van der Waals surface area (Å²) in [5.41, 5.74) is 7.40. The van der Waals surface area contributed by atoms with E-state index in [9.17, 15) is 0 Å². The van der Waals surface area contributed by atoms with Crippen molar-refractivity contribution in [2.45, 2.75) is 6.54 Å². The van der Waals surface area contributed by atoms with Gasteiger partial charge in [-0.3, -0.25) is 0 Å². The molecule has 0 spiro atoms. The van der Waals surface area contributed by atoms with Gasteiger partial charge in [0.1, 0.15) is 5.69 Å². The third-order valence-corrected chi connectivity index (χ3v) is 3.13. The fraction of sp³-hybridized carbons (Fsp3) is 0.200. The van der Waals surface area contributed by atoms with Gasteiger partial charge >= 0.3 is 0 Å². The lowest BCUT2D eigenvalue weighted by atomic mass is 10.1. The van der Waals surface area contributed by atoms with E-state index < -0.39 is 0 Å². The van der Waals surface area contributed by atoms with E-state index in [4.69, 9.17) is 15.2 Å². The van der Waals surface area contributed by atoms with Crippen LogP contribution in [0.25, 0.3) is 11.3 Å². The summed E-state index contributed by atoms with van der Waals surface area (Å²) < 4.78 is 14.5. The quantitative estimate of drug-likeness (QED) is 0.851. The van der Waals surface area contributed by atoms with E-state index in [-0.39, 0.29) is 6.79 Å². The second kappa shape index (κ2) is 3.73. The number of ether oxygens (including phenoxy) is 2. The zero-order valence-corrected chi connectivity index (χ0v) is 9.16. The highest BCUT2D eigenvalue weighted by atomic mass is 32.1. The Kier molecular flexibility index (Phi) is 2.23. The van der Waals surface area contributed by atoms with Gasteiger partial charge in [-0.05, 0) is 29.7 Å². The van der Waals surface area contributed by atoms with Gasteiger partial charge in [-0.2, -0.15) is 0 Å². The molecule has 5 nitrogen and oxygen atoms in total. The van der Waals surface area contributed by atoms with Crippen LogP contribution in [0.15, 0.2) is 18.2 Å². The molecule has 3 rings (SSSR count). The van der Waals surface area contributed by atoms with E-state index in [1.165, 1.54) is 11.5 Å². The predicted octanol–water partition coefficient (Wildman–Crippen LogP) is 1.39. The molecule has 1 aromatic carbocycles. The summed E-state index contributed by atoms with van der Waals surface area (Å²) in [4.78, 5) is 0.971. The molecule has 1 aliphatic heterocycles. The van der Waals surface area contributed by atoms with E-state index in [1.807, 2.05) is 18.2 Å². The van der Waals surface area contributed by atoms with Gasteiger partial charge in [-0.1, -0.05) is 4.49 Å². The molecule has 2 aromatic rings. The van der Waals surface area contributed by atoms with Gasteiger partial charge < -0.3 is 15.2 Å². The molecule has 82 valence electrons. The molecule has 0 saturated heterocycles. The summed E-state index contributed by atoms with van der Waals surface area (Å²) in [6.45, 7) is 0.722. The molecular weight excluding hydrogens is 226 g/mol. The zero-order valence-electron chi connectivity index (χ0n) is 8.34. The molecule has 0 saturated carbocycles. The van der Waals surface area contributed by atoms with Crippen LogP contribution in [0.1, 0.15) is 4.88 Å². The maximum absolute atomic E-state index is 5.62. The number of fused-ring (bicyclic) bond motifs is 1. The highest BCUT2D eigenvalue weighted by molar-refractivity contribution is 7.05. The minimum Gasteiger partial charge on any atom is -0.454 e. The van der Waals surface area contributed by atoms with Crippen LogP contribution in [0, 0.1) is 0 Å². The van der Waals surface area contributed by atoms with Crippen molar-refractivity contribution in [1.82, 2.24) is 9.59 Å². The van der Waals surface area contributed by atoms with Crippen molar-refractivity contribution < 1.29 is 9.47 Å². The maximum atomic E-state index is 5.62. The first kappa shape index (κ1) is 9.56. The van der Waals surface area contributed by atoms with Crippen LogP contribution in [0.3, 0.4) is 0 Å². The molecule has 0 atom stereocenters. The Labute approximate surface area is 96.0 Å². The fourth-order valence-electron chi connectivity index (χ4n) is 1.61. The lowest BCUT2D eigenvalue weighted by Gasteiger charge is -2.01. The van der Waals surface area contributed by atoms with E-state index in [0.717, 1.165) is 27.6 Å². The van der Waals surface area contributed by atoms with Crippen molar-refractivity contribution in [3.8, 4) is 22.8 Å². The Morgan fingerprint density at radius 1 is 1.31 bits per heavy atom. The number of aromatic nitrogens is 2. The fourth-order valence-corrected chi connectivity index (χ4v) is 2.15. The van der Waals surface area contributed by atoms with Crippen LogP contribution >= 0.6 is 11.5 Å². The lowest BCUT2D eigenvalue weighted by molar-refractivity contribution is 0.174. The van der Waals surface area contributed by atoms with E-state index in [2.05, 4.69) is 9.59 Å². The number of nitrogens with two attached hydrogens (primary N) is 1. The Morgan fingerprint density at radius 2 is 2.19 bits per heavy atom. The van der Waals surface area contributed by atoms with Gasteiger partial charge in [0.2, 0.25) is 6.79 Å². The van der Waals surface area contributed by atoms with Crippen LogP contribution in [0.5, 0.6) is 11.5 Å². The van der Waals surface area contributed by atoms with Crippen LogP contribution in [-0.2, 0) is 6.54 Å². The summed E-state index contributed by atoms with van der Waals surface area (Å²) in [6.07, 6.45) is 0. The van der Waals surface area contributed by atoms with E-state index in [1.54, 1.807) is 0 Å². The predicted molar refractivity (Wildman–Crippen MR) is 59.4 cm³/mol. The molecule has 1 aromatic heterocycles. The Bertz CT molecular complexity index is 527. The third-order valence-electron chi connectivity index (χ3n) is 2.39. The third kappa shape index (κ3) is 1.43. The number of hydrogen-bond acceptors (Lipinski definition) is 6. The molecule has 0 radical (unpaired) electrons. The minimum atomic E-state index is 0.276. The lowest BCUT2D eigenvalue weighted by Crippen LogP contribution is -1.95. The number of nitrogens with zero attached hydrogens (tertiary/aromatic N) is 2. The molecule has 2 N–H and O–H groups in total. The molecule has 6 heteroatoms. The average Bonchev–Trinajstić information content (AvgIpc) is 2.96. The van der Waals surface area contributed by atoms with Gasteiger partial charge in [-0.25, -0.2) is 0 Å². The second-order valence-electron chi connectivity index (χ2n) is 3.32. The number of hydrogen-bond donors (Lipinski definition) is 1. The normalized spacial score (nSPS) is 13.1. The summed E-state index contributed by atoms with van der Waals surface area (Å²) in [5.74, 6) is 1.51. The SMILES string of the molecule is NCc1snnc1-c1ccc2c(c1)OCO2. The number of rotatable bonds is 2. The summed E-state index contributed by atoms with van der Waals surface area (Å²) in [5, 5.41) is 4.07. The van der Waals surface area contributed by atoms with Crippen molar-refractivity contribution in [3.63, 3.8) is 0 Å². The summed E-state index contributed by atoms with van der Waals surface area (Å²) in [7, 11) is 0. The van der Waals surface area contributed by atoms with Gasteiger partial charge in [-0.15, -0.1) is 5.10 Å².